The average molecular weight is 454 g/mol. The van der Waals surface area contributed by atoms with Gasteiger partial charge in [0.2, 0.25) is 11.8 Å². The molecule has 0 saturated heterocycles. The van der Waals surface area contributed by atoms with E-state index in [9.17, 15) is 22.0 Å². The number of nitrogens with one attached hydrogen (secondary N) is 1. The maximum atomic E-state index is 14.1. The van der Waals surface area contributed by atoms with Gasteiger partial charge in [0.25, 0.3) is 0 Å². The third kappa shape index (κ3) is 4.43. The lowest BCUT2D eigenvalue weighted by Crippen LogP contribution is -2.13. The molecule has 0 bridgehead atoms. The summed E-state index contributed by atoms with van der Waals surface area (Å²) in [5, 5.41) is 3.77. The van der Waals surface area contributed by atoms with Crippen molar-refractivity contribution in [2.24, 2.45) is 5.10 Å². The Kier molecular flexibility index (Phi) is 6.12. The first kappa shape index (κ1) is 22.1. The highest BCUT2D eigenvalue weighted by molar-refractivity contribution is 5.99. The molecular formula is C24H15F5N4. The van der Waals surface area contributed by atoms with Gasteiger partial charge in [-0.2, -0.15) is 5.10 Å². The Bertz CT molecular complexity index is 1260. The van der Waals surface area contributed by atoms with E-state index in [1.165, 1.54) is 0 Å². The van der Waals surface area contributed by atoms with Crippen LogP contribution < -0.4 is 5.43 Å². The number of anilines is 1. The van der Waals surface area contributed by atoms with E-state index in [0.717, 1.165) is 18.1 Å². The zero-order valence-corrected chi connectivity index (χ0v) is 17.1. The third-order valence-electron chi connectivity index (χ3n) is 4.76. The second-order valence-corrected chi connectivity index (χ2v) is 6.95. The minimum Gasteiger partial charge on any atom is -0.245 e. The van der Waals surface area contributed by atoms with E-state index in [0.29, 0.717) is 11.4 Å². The molecule has 0 unspecified atom stereocenters. The van der Waals surface area contributed by atoms with Crippen LogP contribution in [0.4, 0.5) is 27.9 Å². The van der Waals surface area contributed by atoms with Crippen molar-refractivity contribution in [2.45, 2.75) is 6.92 Å². The molecule has 33 heavy (non-hydrogen) atoms. The molecule has 0 aliphatic heterocycles. The van der Waals surface area contributed by atoms with Gasteiger partial charge in [-0.1, -0.05) is 60.7 Å². The molecular weight excluding hydrogens is 439 g/mol. The molecule has 166 valence electrons. The van der Waals surface area contributed by atoms with Crippen LogP contribution in [0.2, 0.25) is 0 Å². The van der Waals surface area contributed by atoms with E-state index in [1.807, 2.05) is 60.7 Å². The number of aromatic nitrogens is 2. The fourth-order valence-corrected chi connectivity index (χ4v) is 3.12. The topological polar surface area (TPSA) is 50.2 Å². The monoisotopic (exact) mass is 454 g/mol. The summed E-state index contributed by atoms with van der Waals surface area (Å²) in [4.78, 5) is 8.73. The average Bonchev–Trinajstić information content (AvgIpc) is 2.86. The molecule has 0 radical (unpaired) electrons. The molecule has 1 aromatic heterocycles. The predicted octanol–water partition coefficient (Wildman–Crippen LogP) is 6.34. The van der Waals surface area contributed by atoms with Crippen molar-refractivity contribution in [3.63, 3.8) is 0 Å². The fraction of sp³-hybridized carbons (Fsp3) is 0.0417. The largest absolute Gasteiger partial charge is 0.245 e. The number of benzene rings is 3. The van der Waals surface area contributed by atoms with E-state index in [-0.39, 0.29) is 5.95 Å². The zero-order valence-electron chi connectivity index (χ0n) is 17.1. The lowest BCUT2D eigenvalue weighted by atomic mass is 10.1. The quantitative estimate of drug-likeness (QED) is 0.126. The smallest absolute Gasteiger partial charge is 0.244 e. The Labute approximate surface area is 185 Å². The molecule has 0 aliphatic rings. The van der Waals surface area contributed by atoms with Gasteiger partial charge in [-0.25, -0.2) is 37.3 Å². The number of hydrogen-bond acceptors (Lipinski definition) is 4. The van der Waals surface area contributed by atoms with Crippen LogP contribution in [0.1, 0.15) is 12.5 Å². The maximum absolute atomic E-state index is 14.1. The van der Waals surface area contributed by atoms with Crippen molar-refractivity contribution in [1.29, 1.82) is 0 Å². The Morgan fingerprint density at radius 2 is 1.09 bits per heavy atom. The maximum Gasteiger partial charge on any atom is 0.244 e. The minimum atomic E-state index is -2.24. The molecule has 0 aliphatic carbocycles. The second-order valence-electron chi connectivity index (χ2n) is 6.95. The first-order chi connectivity index (χ1) is 15.9. The van der Waals surface area contributed by atoms with Crippen LogP contribution in [-0.2, 0) is 0 Å². The summed E-state index contributed by atoms with van der Waals surface area (Å²) in [7, 11) is 0. The molecule has 1 heterocycles. The van der Waals surface area contributed by atoms with Gasteiger partial charge < -0.3 is 0 Å². The van der Waals surface area contributed by atoms with Crippen LogP contribution in [0.5, 0.6) is 0 Å². The third-order valence-corrected chi connectivity index (χ3v) is 4.76. The lowest BCUT2D eigenvalue weighted by molar-refractivity contribution is 0.377. The van der Waals surface area contributed by atoms with E-state index < -0.39 is 40.4 Å². The van der Waals surface area contributed by atoms with E-state index in [1.54, 1.807) is 6.07 Å². The number of hydrogen-bond donors (Lipinski definition) is 1. The summed E-state index contributed by atoms with van der Waals surface area (Å²) in [6.07, 6.45) is 0. The fourth-order valence-electron chi connectivity index (χ4n) is 3.12. The van der Waals surface area contributed by atoms with E-state index in [2.05, 4.69) is 20.5 Å². The van der Waals surface area contributed by atoms with Crippen molar-refractivity contribution < 1.29 is 22.0 Å². The van der Waals surface area contributed by atoms with Crippen LogP contribution in [-0.4, -0.2) is 15.7 Å². The van der Waals surface area contributed by atoms with Gasteiger partial charge in [0, 0.05) is 11.1 Å². The van der Waals surface area contributed by atoms with Gasteiger partial charge in [0.1, 0.15) is 0 Å². The normalized spacial score (nSPS) is 11.5. The van der Waals surface area contributed by atoms with Crippen molar-refractivity contribution in [2.75, 3.05) is 5.43 Å². The molecule has 4 aromatic rings. The Morgan fingerprint density at radius 1 is 0.667 bits per heavy atom. The molecule has 1 N–H and O–H groups in total. The summed E-state index contributed by atoms with van der Waals surface area (Å²) in [5.74, 6) is -10.3. The Morgan fingerprint density at radius 3 is 1.55 bits per heavy atom. The van der Waals surface area contributed by atoms with Gasteiger partial charge in [0.15, 0.2) is 23.3 Å². The second kappa shape index (κ2) is 9.15. The van der Waals surface area contributed by atoms with Crippen molar-refractivity contribution in [3.05, 3.63) is 101 Å². The number of rotatable bonds is 5. The van der Waals surface area contributed by atoms with Crippen LogP contribution in [0.3, 0.4) is 0 Å². The summed E-state index contributed by atoms with van der Waals surface area (Å²) in [6, 6.07) is 20.1. The van der Waals surface area contributed by atoms with Crippen molar-refractivity contribution >= 4 is 11.7 Å². The van der Waals surface area contributed by atoms with Gasteiger partial charge in [-0.05, 0) is 13.0 Å². The molecule has 3 aromatic carbocycles. The van der Waals surface area contributed by atoms with E-state index >= 15 is 0 Å². The molecule has 0 amide bonds. The van der Waals surface area contributed by atoms with Gasteiger partial charge >= 0.3 is 0 Å². The van der Waals surface area contributed by atoms with Crippen molar-refractivity contribution in [3.8, 4) is 22.5 Å². The SMILES string of the molecule is C/C(=N\Nc1nc(-c2ccccc2)cc(-c2ccccc2)n1)c1c(F)c(F)c(F)c(F)c1F. The summed E-state index contributed by atoms with van der Waals surface area (Å²) < 4.78 is 68.6. The molecule has 0 saturated carbocycles. The summed E-state index contributed by atoms with van der Waals surface area (Å²) in [6.45, 7) is 1.10. The van der Waals surface area contributed by atoms with Gasteiger partial charge in [0.05, 0.1) is 22.7 Å². The Balaban J connectivity index is 1.76. The van der Waals surface area contributed by atoms with Crippen LogP contribution in [0.25, 0.3) is 22.5 Å². The number of nitrogens with zero attached hydrogens (tertiary/aromatic N) is 3. The van der Waals surface area contributed by atoms with Crippen LogP contribution in [0, 0.1) is 29.1 Å². The minimum absolute atomic E-state index is 0.0292. The van der Waals surface area contributed by atoms with Gasteiger partial charge in [-0.3, -0.25) is 0 Å². The first-order valence-electron chi connectivity index (χ1n) is 9.69. The van der Waals surface area contributed by atoms with Crippen LogP contribution >= 0.6 is 0 Å². The highest BCUT2D eigenvalue weighted by Gasteiger charge is 2.27. The zero-order chi connectivity index (χ0) is 23.5. The summed E-state index contributed by atoms with van der Waals surface area (Å²) >= 11 is 0. The lowest BCUT2D eigenvalue weighted by Gasteiger charge is -2.10. The molecule has 0 atom stereocenters. The molecule has 9 heteroatoms. The standard InChI is InChI=1S/C24H15F5N4/c1-13(18-19(25)21(27)23(29)22(28)20(18)26)32-33-24-30-16(14-8-4-2-5-9-14)12-17(31-24)15-10-6-3-7-11-15/h2-12H,1H3,(H,30,31,33)/b32-13+. The highest BCUT2D eigenvalue weighted by atomic mass is 19.2. The number of hydrazone groups is 1. The Hall–Kier alpha value is -4.14. The molecule has 0 spiro atoms. The van der Waals surface area contributed by atoms with E-state index in [4.69, 9.17) is 0 Å². The molecule has 4 rings (SSSR count). The van der Waals surface area contributed by atoms with Gasteiger partial charge in [-0.15, -0.1) is 0 Å². The highest BCUT2D eigenvalue weighted by Crippen LogP contribution is 2.26. The molecule has 4 nitrogen and oxygen atoms in total. The first-order valence-corrected chi connectivity index (χ1v) is 9.69. The summed E-state index contributed by atoms with van der Waals surface area (Å²) in [5.41, 5.74) is 3.49. The van der Waals surface area contributed by atoms with Crippen LogP contribution in [0.15, 0.2) is 71.8 Å². The number of halogens is 5. The predicted molar refractivity (Wildman–Crippen MR) is 115 cm³/mol. The molecule has 0 fully saturated rings. The van der Waals surface area contributed by atoms with Crippen molar-refractivity contribution in [1.82, 2.24) is 9.97 Å².